The van der Waals surface area contributed by atoms with Crippen molar-refractivity contribution < 1.29 is 52.8 Å². The van der Waals surface area contributed by atoms with E-state index in [1.54, 1.807) is 43.3 Å². The van der Waals surface area contributed by atoms with Crippen LogP contribution in [0.3, 0.4) is 0 Å². The molecule has 1 aliphatic heterocycles. The first-order chi connectivity index (χ1) is 32.2. The molecule has 20 nitrogen and oxygen atoms in total. The van der Waals surface area contributed by atoms with Crippen LogP contribution in [0.25, 0.3) is 11.2 Å². The van der Waals surface area contributed by atoms with Crippen LogP contribution in [0, 0.1) is 11.8 Å². The number of fused-ring (bicyclic) bond motifs is 1. The molecule has 0 spiro atoms. The molecule has 368 valence electrons. The van der Waals surface area contributed by atoms with Gasteiger partial charge in [0.2, 0.25) is 17.8 Å². The normalized spacial score (nSPS) is 23.8. The molecule has 1 unspecified atom stereocenters. The van der Waals surface area contributed by atoms with E-state index in [-0.39, 0.29) is 53.3 Å². The van der Waals surface area contributed by atoms with Gasteiger partial charge in [-0.1, -0.05) is 58.2 Å². The Morgan fingerprint density at radius 2 is 1.67 bits per heavy atom. The Morgan fingerprint density at radius 1 is 0.940 bits per heavy atom. The number of imidazole rings is 1. The van der Waals surface area contributed by atoms with Gasteiger partial charge in [0, 0.05) is 47.2 Å². The van der Waals surface area contributed by atoms with E-state index in [1.807, 2.05) is 13.0 Å². The lowest BCUT2D eigenvalue weighted by Crippen LogP contribution is -2.59. The van der Waals surface area contributed by atoms with Crippen molar-refractivity contribution in [3.8, 4) is 0 Å². The fourth-order valence-corrected chi connectivity index (χ4v) is 8.61. The standard InChI is InChI=1S/C47H68N8O12/c1-7-31-26-34(38(51-30(4)56)40(29(31)3)67-46(62)32-18-12-11-13-19-32)63-24-17-14-20-35(57)48-23-15-9-10-16-25-64-41-33(8-2)65-45(42(41)66-37(60)22-21-36(58)59)55-28-49-39-43(55)52-47(53-44(39)61)50-27-54(5)6/h11-13,18-19,27-29,31,33-34,38,40-42,45H,7-10,14-17,20-26H2,1-6H3,(H,48,57)(H,51,56)(H,58,59)(H,52,53,61)/t29-,31-,33+,34+,38-,40-,41?,42-,45+/m0/s1. The molecule has 1 aliphatic carbocycles. The lowest BCUT2D eigenvalue weighted by atomic mass is 9.73. The molecule has 5 rings (SSSR count). The summed E-state index contributed by atoms with van der Waals surface area (Å²) in [5.74, 6) is -2.29. The van der Waals surface area contributed by atoms with Gasteiger partial charge in [-0.2, -0.15) is 4.98 Å². The van der Waals surface area contributed by atoms with Gasteiger partial charge in [-0.25, -0.2) is 14.8 Å². The summed E-state index contributed by atoms with van der Waals surface area (Å²) >= 11 is 0. The maximum absolute atomic E-state index is 13.1. The number of rotatable bonds is 26. The molecule has 1 saturated carbocycles. The number of carbonyl (C=O) groups excluding carboxylic acids is 4. The monoisotopic (exact) mass is 936 g/mol. The molecule has 0 bridgehead atoms. The van der Waals surface area contributed by atoms with Crippen molar-refractivity contribution in [2.75, 3.05) is 33.9 Å². The molecular formula is C47H68N8O12. The molecule has 2 amide bonds. The van der Waals surface area contributed by atoms with E-state index in [0.29, 0.717) is 57.4 Å². The summed E-state index contributed by atoms with van der Waals surface area (Å²) in [5, 5.41) is 15.2. The molecular weight excluding hydrogens is 869 g/mol. The number of nitrogens with zero attached hydrogens (tertiary/aromatic N) is 5. The Hall–Kier alpha value is -5.73. The average molecular weight is 937 g/mol. The third-order valence-corrected chi connectivity index (χ3v) is 12.1. The second-order valence-corrected chi connectivity index (χ2v) is 17.4. The van der Waals surface area contributed by atoms with Gasteiger partial charge >= 0.3 is 17.9 Å². The summed E-state index contributed by atoms with van der Waals surface area (Å²) in [5.41, 5.74) is 0.133. The predicted octanol–water partition coefficient (Wildman–Crippen LogP) is 4.84. The van der Waals surface area contributed by atoms with Crippen molar-refractivity contribution in [3.63, 3.8) is 0 Å². The average Bonchev–Trinajstić information content (AvgIpc) is 3.88. The summed E-state index contributed by atoms with van der Waals surface area (Å²) in [6.45, 7) is 8.76. The first-order valence-electron chi connectivity index (χ1n) is 23.5. The molecule has 2 aromatic heterocycles. The highest BCUT2D eigenvalue weighted by molar-refractivity contribution is 5.89. The maximum Gasteiger partial charge on any atom is 0.338 e. The maximum atomic E-state index is 13.1. The molecule has 9 atom stereocenters. The molecule has 0 radical (unpaired) electrons. The van der Waals surface area contributed by atoms with Crippen molar-refractivity contribution >= 4 is 53.2 Å². The number of aromatic amines is 1. The van der Waals surface area contributed by atoms with E-state index < -0.39 is 66.6 Å². The molecule has 1 saturated heterocycles. The summed E-state index contributed by atoms with van der Waals surface area (Å²) < 4.78 is 32.5. The van der Waals surface area contributed by atoms with Crippen molar-refractivity contribution in [2.24, 2.45) is 16.8 Å². The van der Waals surface area contributed by atoms with Crippen molar-refractivity contribution in [3.05, 3.63) is 52.6 Å². The van der Waals surface area contributed by atoms with Crippen LogP contribution < -0.4 is 16.2 Å². The molecule has 4 N–H and O–H groups in total. The Kier molecular flexibility index (Phi) is 20.3. The summed E-state index contributed by atoms with van der Waals surface area (Å²) in [4.78, 5) is 92.3. The molecule has 3 heterocycles. The van der Waals surface area contributed by atoms with E-state index in [1.165, 1.54) is 24.2 Å². The smallest absolute Gasteiger partial charge is 0.338 e. The number of amides is 2. The van der Waals surface area contributed by atoms with Crippen molar-refractivity contribution in [1.29, 1.82) is 0 Å². The highest BCUT2D eigenvalue weighted by Crippen LogP contribution is 2.38. The zero-order valence-corrected chi connectivity index (χ0v) is 39.5. The fourth-order valence-electron chi connectivity index (χ4n) is 8.61. The third kappa shape index (κ3) is 15.1. The van der Waals surface area contributed by atoms with Gasteiger partial charge in [0.25, 0.3) is 5.56 Å². The second kappa shape index (κ2) is 26.0. The van der Waals surface area contributed by atoms with Crippen LogP contribution in [0.5, 0.6) is 0 Å². The topological polar surface area (TPSA) is 255 Å². The number of aliphatic carboxylic acids is 1. The predicted molar refractivity (Wildman–Crippen MR) is 247 cm³/mol. The third-order valence-electron chi connectivity index (χ3n) is 12.1. The number of ether oxygens (including phenoxy) is 5. The highest BCUT2D eigenvalue weighted by Gasteiger charge is 2.49. The van der Waals surface area contributed by atoms with Crippen molar-refractivity contribution in [1.82, 2.24) is 35.1 Å². The Balaban J connectivity index is 1.05. The molecule has 2 aliphatic rings. The van der Waals surface area contributed by atoms with E-state index in [0.717, 1.165) is 32.1 Å². The fraction of sp³-hybridized carbons (Fsp3) is 0.638. The van der Waals surface area contributed by atoms with Crippen LogP contribution in [0.15, 0.2) is 46.4 Å². The van der Waals surface area contributed by atoms with Gasteiger partial charge < -0.3 is 44.3 Å². The Bertz CT molecular complexity index is 2180. The van der Waals surface area contributed by atoms with Gasteiger partial charge in [-0.3, -0.25) is 33.5 Å². The number of unbranched alkanes of at least 4 members (excludes halogenated alkanes) is 4. The van der Waals surface area contributed by atoms with Gasteiger partial charge in [-0.05, 0) is 62.5 Å². The van der Waals surface area contributed by atoms with Crippen LogP contribution in [0.4, 0.5) is 5.95 Å². The number of aromatic nitrogens is 4. The lowest BCUT2D eigenvalue weighted by molar-refractivity contribution is -0.162. The second-order valence-electron chi connectivity index (χ2n) is 17.4. The number of carbonyl (C=O) groups is 5. The zero-order chi connectivity index (χ0) is 48.5. The first kappa shape index (κ1) is 52.2. The SMILES string of the molecule is CC[C@H]1C[C@@H](OCCCCC(=O)NCCCCCCOC2[C@@H](CC)O[C@@H](n3cnc4c(=O)[nH]c(N=CN(C)C)nc43)[C@H]2OC(=O)CCC(=O)O)[C@H](NC(C)=O)[C@@H](OC(=O)c2ccccc2)[C@H]1C. The number of hydrogen-bond donors (Lipinski definition) is 4. The minimum absolute atomic E-state index is 0.0127. The van der Waals surface area contributed by atoms with Gasteiger partial charge in [-0.15, -0.1) is 0 Å². The number of H-pyrrole nitrogens is 1. The highest BCUT2D eigenvalue weighted by atomic mass is 16.6. The van der Waals surface area contributed by atoms with E-state index in [4.69, 9.17) is 28.8 Å². The largest absolute Gasteiger partial charge is 0.481 e. The number of aliphatic imine (C=N–C) groups is 1. The quantitative estimate of drug-likeness (QED) is 0.0364. The number of carboxylic acids is 1. The van der Waals surface area contributed by atoms with Crippen LogP contribution in [0.2, 0.25) is 0 Å². The molecule has 3 aromatic rings. The number of esters is 2. The summed E-state index contributed by atoms with van der Waals surface area (Å²) in [7, 11) is 3.54. The molecule has 20 heteroatoms. The number of nitrogens with one attached hydrogen (secondary N) is 3. The summed E-state index contributed by atoms with van der Waals surface area (Å²) in [6, 6.07) is 8.31. The number of hydrogen-bond acceptors (Lipinski definition) is 14. The van der Waals surface area contributed by atoms with Gasteiger partial charge in [0.1, 0.15) is 12.2 Å². The molecule has 1 aromatic carbocycles. The lowest BCUT2D eigenvalue weighted by Gasteiger charge is -2.45. The minimum Gasteiger partial charge on any atom is -0.481 e. The zero-order valence-electron chi connectivity index (χ0n) is 39.5. The van der Waals surface area contributed by atoms with Crippen LogP contribution in [-0.4, -0.2) is 136 Å². The minimum atomic E-state index is -1.14. The Labute approximate surface area is 390 Å². The van der Waals surface area contributed by atoms with E-state index in [9.17, 15) is 28.8 Å². The van der Waals surface area contributed by atoms with Gasteiger partial charge in [0.15, 0.2) is 23.5 Å². The van der Waals surface area contributed by atoms with Crippen LogP contribution >= 0.6 is 0 Å². The number of benzene rings is 1. The molecule has 2 fully saturated rings. The van der Waals surface area contributed by atoms with E-state index in [2.05, 4.69) is 44.4 Å². The number of carboxylic acid groups (broad SMARTS) is 1. The van der Waals surface area contributed by atoms with Crippen LogP contribution in [-0.2, 0) is 42.9 Å². The van der Waals surface area contributed by atoms with Crippen LogP contribution in [0.1, 0.15) is 121 Å². The first-order valence-corrected chi connectivity index (χ1v) is 23.5. The van der Waals surface area contributed by atoms with E-state index >= 15 is 0 Å². The molecule has 67 heavy (non-hydrogen) atoms. The van der Waals surface area contributed by atoms with Crippen molar-refractivity contribution in [2.45, 2.75) is 148 Å². The van der Waals surface area contributed by atoms with Gasteiger partial charge in [0.05, 0.1) is 49.3 Å². The Morgan fingerprint density at radius 3 is 2.37 bits per heavy atom. The summed E-state index contributed by atoms with van der Waals surface area (Å²) in [6.07, 6.45) is 4.81.